The van der Waals surface area contributed by atoms with Gasteiger partial charge in [-0.2, -0.15) is 13.2 Å². The number of benzene rings is 4. The average Bonchev–Trinajstić information content (AvgIpc) is 2.84. The fourth-order valence-corrected chi connectivity index (χ4v) is 6.05. The molecule has 13 heteroatoms. The third-order valence-electron chi connectivity index (χ3n) is 4.75. The molecule has 0 aromatic heterocycles. The molecule has 0 heterocycles. The Labute approximate surface area is 225 Å². The van der Waals surface area contributed by atoms with Gasteiger partial charge in [-0.25, -0.2) is 0 Å². The van der Waals surface area contributed by atoms with Gasteiger partial charge in [0.15, 0.2) is 14.7 Å². The van der Waals surface area contributed by atoms with E-state index in [1.165, 1.54) is 0 Å². The van der Waals surface area contributed by atoms with Crippen molar-refractivity contribution in [1.29, 1.82) is 0 Å². The van der Waals surface area contributed by atoms with Crippen LogP contribution in [0.3, 0.4) is 0 Å². The third kappa shape index (κ3) is 11.1. The van der Waals surface area contributed by atoms with Crippen LogP contribution in [0.15, 0.2) is 128 Å². The van der Waals surface area contributed by atoms with Gasteiger partial charge in [0, 0.05) is 9.79 Å². The van der Waals surface area contributed by atoms with Crippen LogP contribution in [0.25, 0.3) is 0 Å². The summed E-state index contributed by atoms with van der Waals surface area (Å²) in [6.07, 6.45) is -4.35. The third-order valence-corrected chi connectivity index (χ3v) is 8.00. The molecule has 0 radical (unpaired) electrons. The van der Waals surface area contributed by atoms with E-state index in [4.69, 9.17) is 4.74 Å². The minimum atomic E-state index is -10.7. The van der Waals surface area contributed by atoms with E-state index in [0.717, 1.165) is 42.4 Å². The second-order valence-electron chi connectivity index (χ2n) is 7.85. The molecular formula is C26H20F9OPS2. The van der Waals surface area contributed by atoms with Crippen molar-refractivity contribution in [3.8, 4) is 5.75 Å². The van der Waals surface area contributed by atoms with Crippen LogP contribution in [0.1, 0.15) is 5.56 Å². The summed E-state index contributed by atoms with van der Waals surface area (Å²) in [6.45, 7) is 0. The van der Waals surface area contributed by atoms with Gasteiger partial charge in [0.1, 0.15) is 5.75 Å². The first-order valence-electron chi connectivity index (χ1n) is 10.8. The zero-order chi connectivity index (χ0) is 29.0. The van der Waals surface area contributed by atoms with Gasteiger partial charge in [-0.15, -0.1) is 0 Å². The normalized spacial score (nSPS) is 14.3. The Morgan fingerprint density at radius 2 is 0.974 bits per heavy atom. The molecule has 1 unspecified atom stereocenters. The molecule has 210 valence electrons. The first-order valence-corrected chi connectivity index (χ1v) is 14.9. The fraction of sp³-hybridized carbons (Fsp3) is 0.0769. The number of rotatable bonds is 6. The minimum absolute atomic E-state index is 0.547. The molecule has 0 aliphatic rings. The number of hydrogen-bond acceptors (Lipinski definition) is 2. The molecular weight excluding hydrogens is 594 g/mol. The second-order valence-corrected chi connectivity index (χ2v) is 12.9. The molecule has 0 amide bonds. The topological polar surface area (TPSA) is 9.23 Å². The summed E-state index contributed by atoms with van der Waals surface area (Å²) in [5, 5.41) is 0. The van der Waals surface area contributed by atoms with Crippen LogP contribution in [0.4, 0.5) is 38.4 Å². The van der Waals surface area contributed by atoms with Gasteiger partial charge in [0.25, 0.3) is 0 Å². The van der Waals surface area contributed by atoms with E-state index in [9.17, 15) is 38.4 Å². The predicted octanol–water partition coefficient (Wildman–Crippen LogP) is 11.3. The van der Waals surface area contributed by atoms with Gasteiger partial charge in [-0.3, -0.25) is 0 Å². The van der Waals surface area contributed by atoms with Crippen molar-refractivity contribution >= 4 is 30.5 Å². The second kappa shape index (κ2) is 11.0. The van der Waals surface area contributed by atoms with Gasteiger partial charge in [0.05, 0.1) is 23.6 Å². The fourth-order valence-electron chi connectivity index (χ4n) is 3.17. The standard InChI is InChI=1S/C26H20F3OS2.F6P/c1-30-20-9-15-24(16-10-20)32(23-13-7-19(8-14-23)26(27,28)29)25-17-11-22(12-18-25)31-21-5-3-2-4-6-21;1-7(2,3,4,5)6/h2-18H,1H3;/q+1;-1. The maximum atomic E-state index is 13.1. The van der Waals surface area contributed by atoms with Gasteiger partial charge < -0.3 is 4.74 Å². The van der Waals surface area contributed by atoms with Crippen LogP contribution in [0.5, 0.6) is 5.75 Å². The Morgan fingerprint density at radius 1 is 0.590 bits per heavy atom. The molecule has 0 saturated heterocycles. The van der Waals surface area contributed by atoms with Gasteiger partial charge in [-0.05, 0) is 84.9 Å². The molecule has 0 fully saturated rings. The SMILES string of the molecule is COc1ccc([S+](c2ccc(Sc3ccccc3)cc2)c2ccc(C(F)(F)F)cc2)cc1.F[P-](F)(F)(F)(F)F. The quantitative estimate of drug-likeness (QED) is 0.121. The van der Waals surface area contributed by atoms with Gasteiger partial charge in [0.2, 0.25) is 0 Å². The summed E-state index contributed by atoms with van der Waals surface area (Å²) in [5.74, 6) is 0.735. The Bertz CT molecular complexity index is 1350. The first-order chi connectivity index (χ1) is 17.9. The van der Waals surface area contributed by atoms with Crippen LogP contribution >= 0.6 is 19.6 Å². The van der Waals surface area contributed by atoms with Crippen LogP contribution < -0.4 is 4.74 Å². The molecule has 4 aromatic carbocycles. The van der Waals surface area contributed by atoms with E-state index in [2.05, 4.69) is 36.4 Å². The average molecular weight is 615 g/mol. The summed E-state index contributed by atoms with van der Waals surface area (Å²) in [5.41, 5.74) is -0.644. The van der Waals surface area contributed by atoms with Crippen molar-refractivity contribution in [3.63, 3.8) is 0 Å². The summed E-state index contributed by atoms with van der Waals surface area (Å²) in [4.78, 5) is 5.12. The zero-order valence-electron chi connectivity index (χ0n) is 19.9. The molecule has 0 bridgehead atoms. The monoisotopic (exact) mass is 614 g/mol. The summed E-state index contributed by atoms with van der Waals surface area (Å²) < 4.78 is 104. The van der Waals surface area contributed by atoms with Crippen molar-refractivity contribution in [2.45, 2.75) is 30.7 Å². The van der Waals surface area contributed by atoms with Crippen molar-refractivity contribution in [2.75, 3.05) is 7.11 Å². The molecule has 1 nitrogen and oxygen atoms in total. The van der Waals surface area contributed by atoms with Gasteiger partial charge in [-0.1, -0.05) is 30.0 Å². The van der Waals surface area contributed by atoms with Crippen molar-refractivity contribution in [2.24, 2.45) is 0 Å². The molecule has 0 N–H and O–H groups in total. The van der Waals surface area contributed by atoms with Crippen LogP contribution in [-0.2, 0) is 17.1 Å². The summed E-state index contributed by atoms with van der Waals surface area (Å²) in [6, 6.07) is 31.4. The van der Waals surface area contributed by atoms with Crippen LogP contribution in [-0.4, -0.2) is 7.11 Å². The van der Waals surface area contributed by atoms with E-state index < -0.39 is 30.4 Å². The molecule has 0 saturated carbocycles. The first kappa shape index (κ1) is 30.7. The van der Waals surface area contributed by atoms with Crippen molar-refractivity contribution in [1.82, 2.24) is 0 Å². The van der Waals surface area contributed by atoms with E-state index in [-0.39, 0.29) is 0 Å². The van der Waals surface area contributed by atoms with E-state index in [1.54, 1.807) is 31.0 Å². The van der Waals surface area contributed by atoms with E-state index >= 15 is 0 Å². The van der Waals surface area contributed by atoms with E-state index in [0.29, 0.717) is 0 Å². The molecule has 0 aliphatic heterocycles. The number of alkyl halides is 3. The molecule has 39 heavy (non-hydrogen) atoms. The maximum absolute atomic E-state index is 13.1. The van der Waals surface area contributed by atoms with Gasteiger partial charge >= 0.3 is 39.2 Å². The Hall–Kier alpha value is -2.82. The number of halogens is 9. The summed E-state index contributed by atoms with van der Waals surface area (Å²) in [7, 11) is -9.60. The molecule has 4 rings (SSSR count). The molecule has 0 spiro atoms. The van der Waals surface area contributed by atoms with Crippen LogP contribution in [0, 0.1) is 0 Å². The van der Waals surface area contributed by atoms with Crippen LogP contribution in [0.2, 0.25) is 0 Å². The van der Waals surface area contributed by atoms with Crippen molar-refractivity contribution in [3.05, 3.63) is 109 Å². The molecule has 1 atom stereocenters. The number of hydrogen-bond donors (Lipinski definition) is 0. The van der Waals surface area contributed by atoms with Crippen molar-refractivity contribution < 1.29 is 43.1 Å². The Kier molecular flexibility index (Phi) is 8.65. The van der Waals surface area contributed by atoms with E-state index in [1.807, 2.05) is 42.5 Å². The number of ether oxygens (including phenoxy) is 1. The Morgan fingerprint density at radius 3 is 1.38 bits per heavy atom. The predicted molar refractivity (Wildman–Crippen MR) is 137 cm³/mol. The Balaban J connectivity index is 0.000000532. The molecule has 0 aliphatic carbocycles. The zero-order valence-corrected chi connectivity index (χ0v) is 22.4. The summed E-state index contributed by atoms with van der Waals surface area (Å²) >= 11 is 1.67. The number of methoxy groups -OCH3 is 1. The molecule has 4 aromatic rings.